The fourth-order valence-corrected chi connectivity index (χ4v) is 4.45. The lowest BCUT2D eigenvalue weighted by Crippen LogP contribution is -2.46. The fourth-order valence-electron chi connectivity index (χ4n) is 4.45. The summed E-state index contributed by atoms with van der Waals surface area (Å²) in [5.41, 5.74) is 3.52. The Balaban J connectivity index is 0.00000171. The number of carbonyl (C=O) groups excluding carboxylic acids is 1. The molecular weight excluding hydrogens is 429 g/mol. The van der Waals surface area contributed by atoms with Crippen LogP contribution in [-0.2, 0) is 0 Å². The van der Waals surface area contributed by atoms with Crippen LogP contribution >= 0.6 is 24.8 Å². The standard InChI is InChI=1S/C25H29N3O.2ClH/c1-3-27(4-2)20-14-16-28(17-15-20)25(29)22-18-24(19-10-6-5-7-11-19)26-23-13-9-8-12-21(22)23;;/h5-13,18,20H,3-4,14-17H2,1-2H3;2*1H. The Morgan fingerprint density at radius 3 is 2.23 bits per heavy atom. The molecule has 6 heteroatoms. The maximum atomic E-state index is 13.5. The van der Waals surface area contributed by atoms with Gasteiger partial charge >= 0.3 is 0 Å². The number of likely N-dealkylation sites (tertiary alicyclic amines) is 1. The summed E-state index contributed by atoms with van der Waals surface area (Å²) in [4.78, 5) is 22.8. The number of nitrogens with zero attached hydrogens (tertiary/aromatic N) is 3. The summed E-state index contributed by atoms with van der Waals surface area (Å²) in [6, 6.07) is 20.6. The Hall–Kier alpha value is -2.14. The average Bonchev–Trinajstić information content (AvgIpc) is 2.80. The molecule has 4 rings (SSSR count). The smallest absolute Gasteiger partial charge is 0.254 e. The molecule has 0 unspecified atom stereocenters. The van der Waals surface area contributed by atoms with E-state index in [1.807, 2.05) is 65.6 Å². The number of benzene rings is 2. The highest BCUT2D eigenvalue weighted by molar-refractivity contribution is 6.07. The molecule has 4 nitrogen and oxygen atoms in total. The number of pyridine rings is 1. The normalized spacial score (nSPS) is 14.2. The van der Waals surface area contributed by atoms with Crippen LogP contribution in [0.1, 0.15) is 37.0 Å². The number of aromatic nitrogens is 1. The molecule has 0 aliphatic carbocycles. The van der Waals surface area contributed by atoms with E-state index in [0.29, 0.717) is 6.04 Å². The minimum Gasteiger partial charge on any atom is -0.339 e. The van der Waals surface area contributed by atoms with Crippen molar-refractivity contribution < 1.29 is 4.79 Å². The largest absolute Gasteiger partial charge is 0.339 e. The van der Waals surface area contributed by atoms with Gasteiger partial charge in [0.15, 0.2) is 0 Å². The third-order valence-corrected chi connectivity index (χ3v) is 6.10. The van der Waals surface area contributed by atoms with Crippen molar-refractivity contribution in [3.63, 3.8) is 0 Å². The molecule has 1 amide bonds. The van der Waals surface area contributed by atoms with E-state index in [0.717, 1.165) is 66.7 Å². The van der Waals surface area contributed by atoms with Gasteiger partial charge in [-0.25, -0.2) is 4.98 Å². The molecule has 2 aromatic carbocycles. The summed E-state index contributed by atoms with van der Waals surface area (Å²) in [7, 11) is 0. The fraction of sp³-hybridized carbons (Fsp3) is 0.360. The molecular formula is C25H31Cl2N3O. The molecule has 1 aliphatic rings. The van der Waals surface area contributed by atoms with Crippen LogP contribution in [0.2, 0.25) is 0 Å². The summed E-state index contributed by atoms with van der Waals surface area (Å²) in [5.74, 6) is 0.124. The van der Waals surface area contributed by atoms with Gasteiger partial charge in [-0.1, -0.05) is 62.4 Å². The van der Waals surface area contributed by atoms with Crippen molar-refractivity contribution in [2.75, 3.05) is 26.2 Å². The van der Waals surface area contributed by atoms with E-state index in [1.165, 1.54) is 0 Å². The summed E-state index contributed by atoms with van der Waals surface area (Å²) in [6.07, 6.45) is 2.09. The molecule has 1 aromatic heterocycles. The van der Waals surface area contributed by atoms with Gasteiger partial charge in [-0.05, 0) is 38.1 Å². The zero-order chi connectivity index (χ0) is 20.2. The average molecular weight is 460 g/mol. The Morgan fingerprint density at radius 2 is 1.58 bits per heavy atom. The molecule has 1 saturated heterocycles. The monoisotopic (exact) mass is 459 g/mol. The first-order valence-corrected chi connectivity index (χ1v) is 10.7. The molecule has 3 aromatic rings. The van der Waals surface area contributed by atoms with E-state index in [2.05, 4.69) is 18.7 Å². The molecule has 2 heterocycles. The van der Waals surface area contributed by atoms with Gasteiger partial charge in [0.05, 0.1) is 16.8 Å². The number of para-hydroxylation sites is 1. The SMILES string of the molecule is CCN(CC)C1CCN(C(=O)c2cc(-c3ccccc3)nc3ccccc23)CC1.Cl.Cl. The van der Waals surface area contributed by atoms with Gasteiger partial charge in [-0.3, -0.25) is 4.79 Å². The Morgan fingerprint density at radius 1 is 0.968 bits per heavy atom. The van der Waals surface area contributed by atoms with Crippen LogP contribution < -0.4 is 0 Å². The minimum absolute atomic E-state index is 0. The summed E-state index contributed by atoms with van der Waals surface area (Å²) < 4.78 is 0. The number of rotatable bonds is 5. The van der Waals surface area contributed by atoms with Crippen molar-refractivity contribution in [2.45, 2.75) is 32.7 Å². The van der Waals surface area contributed by atoms with Crippen LogP contribution in [0, 0.1) is 0 Å². The van der Waals surface area contributed by atoms with E-state index < -0.39 is 0 Å². The first kappa shape index (κ1) is 25.1. The summed E-state index contributed by atoms with van der Waals surface area (Å²) in [5, 5.41) is 0.933. The molecule has 1 aliphatic heterocycles. The molecule has 166 valence electrons. The van der Waals surface area contributed by atoms with Crippen molar-refractivity contribution >= 4 is 41.6 Å². The first-order valence-electron chi connectivity index (χ1n) is 10.7. The second kappa shape index (κ2) is 11.5. The van der Waals surface area contributed by atoms with Crippen LogP contribution in [0.5, 0.6) is 0 Å². The van der Waals surface area contributed by atoms with Gasteiger partial charge in [-0.2, -0.15) is 0 Å². The van der Waals surface area contributed by atoms with Crippen LogP contribution in [0.4, 0.5) is 0 Å². The van der Waals surface area contributed by atoms with Crippen LogP contribution in [0.3, 0.4) is 0 Å². The van der Waals surface area contributed by atoms with Gasteiger partial charge < -0.3 is 9.80 Å². The summed E-state index contributed by atoms with van der Waals surface area (Å²) >= 11 is 0. The minimum atomic E-state index is 0. The molecule has 1 fully saturated rings. The number of halogens is 2. The number of amides is 1. The lowest BCUT2D eigenvalue weighted by molar-refractivity contribution is 0.0633. The third kappa shape index (κ3) is 5.38. The van der Waals surface area contributed by atoms with Crippen molar-refractivity contribution in [3.8, 4) is 11.3 Å². The van der Waals surface area contributed by atoms with Crippen molar-refractivity contribution in [1.29, 1.82) is 0 Å². The Kier molecular flexibility index (Phi) is 9.30. The Bertz CT molecular complexity index is 984. The summed E-state index contributed by atoms with van der Waals surface area (Å²) in [6.45, 7) is 8.22. The highest BCUT2D eigenvalue weighted by Gasteiger charge is 2.27. The molecule has 0 N–H and O–H groups in total. The maximum absolute atomic E-state index is 13.5. The number of hydrogen-bond acceptors (Lipinski definition) is 3. The first-order chi connectivity index (χ1) is 14.2. The topological polar surface area (TPSA) is 36.4 Å². The molecule has 0 bridgehead atoms. The zero-order valence-electron chi connectivity index (χ0n) is 18.2. The number of fused-ring (bicyclic) bond motifs is 1. The number of hydrogen-bond donors (Lipinski definition) is 0. The van der Waals surface area contributed by atoms with Gasteiger partial charge in [0.2, 0.25) is 0 Å². The van der Waals surface area contributed by atoms with E-state index in [-0.39, 0.29) is 30.7 Å². The molecule has 31 heavy (non-hydrogen) atoms. The number of carbonyl (C=O) groups is 1. The number of piperidine rings is 1. The van der Waals surface area contributed by atoms with Crippen molar-refractivity contribution in [3.05, 3.63) is 66.2 Å². The predicted octanol–water partition coefficient (Wildman–Crippen LogP) is 5.69. The second-order valence-corrected chi connectivity index (χ2v) is 7.68. The second-order valence-electron chi connectivity index (χ2n) is 7.68. The van der Waals surface area contributed by atoms with Gasteiger partial charge in [0.1, 0.15) is 0 Å². The van der Waals surface area contributed by atoms with Gasteiger partial charge in [0.25, 0.3) is 5.91 Å². The predicted molar refractivity (Wildman–Crippen MR) is 134 cm³/mol. The van der Waals surface area contributed by atoms with Crippen molar-refractivity contribution in [1.82, 2.24) is 14.8 Å². The lowest BCUT2D eigenvalue weighted by Gasteiger charge is -2.37. The van der Waals surface area contributed by atoms with E-state index in [9.17, 15) is 4.79 Å². The lowest BCUT2D eigenvalue weighted by atomic mass is 9.99. The zero-order valence-corrected chi connectivity index (χ0v) is 19.8. The molecule has 0 radical (unpaired) electrons. The van der Waals surface area contributed by atoms with Crippen LogP contribution in [0.15, 0.2) is 60.7 Å². The third-order valence-electron chi connectivity index (χ3n) is 6.10. The van der Waals surface area contributed by atoms with E-state index in [1.54, 1.807) is 0 Å². The highest BCUT2D eigenvalue weighted by Crippen LogP contribution is 2.27. The van der Waals surface area contributed by atoms with Crippen LogP contribution in [0.25, 0.3) is 22.2 Å². The molecule has 0 atom stereocenters. The van der Waals surface area contributed by atoms with E-state index >= 15 is 0 Å². The quantitative estimate of drug-likeness (QED) is 0.491. The van der Waals surface area contributed by atoms with Gasteiger partial charge in [0, 0.05) is 30.1 Å². The van der Waals surface area contributed by atoms with Gasteiger partial charge in [-0.15, -0.1) is 24.8 Å². The highest BCUT2D eigenvalue weighted by atomic mass is 35.5. The Labute approximate surface area is 197 Å². The molecule has 0 saturated carbocycles. The van der Waals surface area contributed by atoms with E-state index in [4.69, 9.17) is 4.98 Å². The van der Waals surface area contributed by atoms with Crippen molar-refractivity contribution in [2.24, 2.45) is 0 Å². The maximum Gasteiger partial charge on any atom is 0.254 e. The van der Waals surface area contributed by atoms with Crippen LogP contribution in [-0.4, -0.2) is 52.9 Å². The molecule has 0 spiro atoms.